The van der Waals surface area contributed by atoms with Crippen LogP contribution in [0.3, 0.4) is 0 Å². The molecule has 0 saturated heterocycles. The fourth-order valence-corrected chi connectivity index (χ4v) is 3.06. The number of benzene rings is 4. The fraction of sp³-hybridized carbons (Fsp3) is 0.0833. The van der Waals surface area contributed by atoms with E-state index in [-0.39, 0.29) is 22.6 Å². The molecule has 6 heteroatoms. The monoisotopic (exact) mass is 404 g/mol. The summed E-state index contributed by atoms with van der Waals surface area (Å²) < 4.78 is 9.13. The van der Waals surface area contributed by atoms with Crippen molar-refractivity contribution in [1.82, 2.24) is 0 Å². The van der Waals surface area contributed by atoms with Gasteiger partial charge in [-0.2, -0.15) is 0 Å². The molecule has 0 unspecified atom stereocenters. The summed E-state index contributed by atoms with van der Waals surface area (Å²) in [5.41, 5.74) is 0.382. The maximum atomic E-state index is 11.3. The highest BCUT2D eigenvalue weighted by Crippen LogP contribution is 2.29. The van der Waals surface area contributed by atoms with E-state index in [2.05, 4.69) is 9.47 Å². The molecule has 0 spiro atoms. The van der Waals surface area contributed by atoms with E-state index < -0.39 is 11.9 Å². The number of phenolic OH excluding ortho intramolecular Hbond substituents is 2. The number of methoxy groups -OCH3 is 2. The molecule has 4 aromatic carbocycles. The molecule has 0 aliphatic rings. The van der Waals surface area contributed by atoms with Crippen LogP contribution < -0.4 is 0 Å². The highest BCUT2D eigenvalue weighted by Gasteiger charge is 2.14. The first-order chi connectivity index (χ1) is 14.5. The number of aromatic hydroxyl groups is 2. The molecule has 4 rings (SSSR count). The largest absolute Gasteiger partial charge is 0.506 e. The van der Waals surface area contributed by atoms with Gasteiger partial charge in [0.2, 0.25) is 0 Å². The SMILES string of the molecule is COC(=O)c1ccc2ccccc2c1O.COC(=O)c1ccc2ccccc2c1O. The average molecular weight is 404 g/mol. The van der Waals surface area contributed by atoms with E-state index in [0.717, 1.165) is 10.8 Å². The van der Waals surface area contributed by atoms with Crippen LogP contribution in [0.4, 0.5) is 0 Å². The molecule has 30 heavy (non-hydrogen) atoms. The number of carbonyl (C=O) groups excluding carboxylic acids is 2. The molecule has 0 aliphatic carbocycles. The molecule has 152 valence electrons. The maximum Gasteiger partial charge on any atom is 0.341 e. The molecule has 0 saturated carbocycles. The van der Waals surface area contributed by atoms with Crippen molar-refractivity contribution in [1.29, 1.82) is 0 Å². The Balaban J connectivity index is 0.000000171. The van der Waals surface area contributed by atoms with E-state index in [0.29, 0.717) is 10.8 Å². The van der Waals surface area contributed by atoms with Gasteiger partial charge in [-0.25, -0.2) is 9.59 Å². The zero-order valence-corrected chi connectivity index (χ0v) is 16.5. The molecule has 0 bridgehead atoms. The van der Waals surface area contributed by atoms with Gasteiger partial charge >= 0.3 is 11.9 Å². The lowest BCUT2D eigenvalue weighted by Gasteiger charge is -2.05. The summed E-state index contributed by atoms with van der Waals surface area (Å²) in [6, 6.07) is 21.3. The number of esters is 2. The maximum absolute atomic E-state index is 11.3. The summed E-state index contributed by atoms with van der Waals surface area (Å²) in [5, 5.41) is 22.8. The number of hydrogen-bond donors (Lipinski definition) is 2. The Labute approximate surface area is 172 Å². The minimum Gasteiger partial charge on any atom is -0.506 e. The van der Waals surface area contributed by atoms with E-state index in [1.165, 1.54) is 14.2 Å². The highest BCUT2D eigenvalue weighted by atomic mass is 16.5. The lowest BCUT2D eigenvalue weighted by Crippen LogP contribution is -2.01. The van der Waals surface area contributed by atoms with Crippen LogP contribution in [0.5, 0.6) is 11.5 Å². The molecule has 0 aromatic heterocycles. The normalized spacial score (nSPS) is 10.2. The van der Waals surface area contributed by atoms with Gasteiger partial charge in [-0.3, -0.25) is 0 Å². The fourth-order valence-electron chi connectivity index (χ4n) is 3.06. The van der Waals surface area contributed by atoms with Crippen molar-refractivity contribution < 1.29 is 29.3 Å². The second-order valence-corrected chi connectivity index (χ2v) is 6.35. The first-order valence-electron chi connectivity index (χ1n) is 9.06. The molecular weight excluding hydrogens is 384 g/mol. The van der Waals surface area contributed by atoms with Crippen LogP contribution in [0.1, 0.15) is 20.7 Å². The van der Waals surface area contributed by atoms with Crippen LogP contribution in [-0.2, 0) is 9.47 Å². The van der Waals surface area contributed by atoms with Crippen LogP contribution in [0.2, 0.25) is 0 Å². The van der Waals surface area contributed by atoms with Gasteiger partial charge in [0.15, 0.2) is 0 Å². The number of hydrogen-bond acceptors (Lipinski definition) is 6. The van der Waals surface area contributed by atoms with Crippen molar-refractivity contribution in [2.24, 2.45) is 0 Å². The highest BCUT2D eigenvalue weighted by molar-refractivity contribution is 6.01. The summed E-state index contributed by atoms with van der Waals surface area (Å²) in [5.74, 6) is -1.11. The van der Waals surface area contributed by atoms with Gasteiger partial charge in [-0.15, -0.1) is 0 Å². The first-order valence-corrected chi connectivity index (χ1v) is 9.06. The minimum atomic E-state index is -0.529. The van der Waals surface area contributed by atoms with Crippen LogP contribution in [-0.4, -0.2) is 36.4 Å². The van der Waals surface area contributed by atoms with Crippen LogP contribution >= 0.6 is 0 Å². The first kappa shape index (κ1) is 20.7. The molecule has 0 atom stereocenters. The number of ether oxygens (including phenoxy) is 2. The Morgan fingerprint density at radius 2 is 0.967 bits per heavy atom. The van der Waals surface area contributed by atoms with E-state index >= 15 is 0 Å². The average Bonchev–Trinajstić information content (AvgIpc) is 2.79. The van der Waals surface area contributed by atoms with Gasteiger partial charge < -0.3 is 19.7 Å². The van der Waals surface area contributed by atoms with E-state index in [4.69, 9.17) is 0 Å². The minimum absolute atomic E-state index is 0.0278. The Morgan fingerprint density at radius 3 is 1.33 bits per heavy atom. The zero-order valence-electron chi connectivity index (χ0n) is 16.5. The van der Waals surface area contributed by atoms with Gasteiger partial charge in [0.1, 0.15) is 22.6 Å². The van der Waals surface area contributed by atoms with E-state index in [1.54, 1.807) is 36.4 Å². The Morgan fingerprint density at radius 1 is 0.600 bits per heavy atom. The third-order valence-electron chi connectivity index (χ3n) is 4.61. The second-order valence-electron chi connectivity index (χ2n) is 6.35. The van der Waals surface area contributed by atoms with Crippen LogP contribution in [0.25, 0.3) is 21.5 Å². The molecule has 0 fully saturated rings. The van der Waals surface area contributed by atoms with Gasteiger partial charge in [-0.1, -0.05) is 60.7 Å². The standard InChI is InChI=1S/2C12H10O3/c2*1-15-12(14)10-7-6-8-4-2-3-5-9(8)11(10)13/h2*2-7,13H,1H3. The molecule has 4 aromatic rings. The number of phenols is 2. The van der Waals surface area contributed by atoms with E-state index in [9.17, 15) is 19.8 Å². The topological polar surface area (TPSA) is 93.1 Å². The Bertz CT molecular complexity index is 1130. The van der Waals surface area contributed by atoms with Crippen LogP contribution in [0.15, 0.2) is 72.8 Å². The van der Waals surface area contributed by atoms with Crippen molar-refractivity contribution in [2.45, 2.75) is 0 Å². The zero-order chi connectivity index (χ0) is 21.7. The van der Waals surface area contributed by atoms with E-state index in [1.807, 2.05) is 36.4 Å². The predicted octanol–water partition coefficient (Wildman–Crippen LogP) is 4.66. The summed E-state index contributed by atoms with van der Waals surface area (Å²) in [4.78, 5) is 22.6. The third kappa shape index (κ3) is 4.03. The summed E-state index contributed by atoms with van der Waals surface area (Å²) in [6.45, 7) is 0. The van der Waals surface area contributed by atoms with Crippen molar-refractivity contribution >= 4 is 33.5 Å². The Kier molecular flexibility index (Phi) is 6.17. The summed E-state index contributed by atoms with van der Waals surface area (Å²) >= 11 is 0. The molecular formula is C24H20O6. The Hall–Kier alpha value is -4.06. The molecule has 0 amide bonds. The van der Waals surface area contributed by atoms with Gasteiger partial charge in [0.25, 0.3) is 0 Å². The number of rotatable bonds is 2. The number of fused-ring (bicyclic) bond motifs is 2. The lowest BCUT2D eigenvalue weighted by atomic mass is 10.1. The van der Waals surface area contributed by atoms with Crippen molar-refractivity contribution in [3.63, 3.8) is 0 Å². The second kappa shape index (κ2) is 8.96. The molecule has 0 radical (unpaired) electrons. The summed E-state index contributed by atoms with van der Waals surface area (Å²) in [7, 11) is 2.58. The quantitative estimate of drug-likeness (QED) is 0.472. The molecule has 2 N–H and O–H groups in total. The predicted molar refractivity (Wildman–Crippen MR) is 114 cm³/mol. The van der Waals surface area contributed by atoms with Gasteiger partial charge in [0.05, 0.1) is 14.2 Å². The number of carbonyl (C=O) groups is 2. The van der Waals surface area contributed by atoms with Gasteiger partial charge in [0, 0.05) is 10.8 Å². The summed E-state index contributed by atoms with van der Waals surface area (Å²) in [6.07, 6.45) is 0. The van der Waals surface area contributed by atoms with Crippen molar-refractivity contribution in [2.75, 3.05) is 14.2 Å². The van der Waals surface area contributed by atoms with Crippen molar-refractivity contribution in [3.05, 3.63) is 83.9 Å². The third-order valence-corrected chi connectivity index (χ3v) is 4.61. The van der Waals surface area contributed by atoms with Crippen LogP contribution in [0, 0.1) is 0 Å². The molecule has 6 nitrogen and oxygen atoms in total. The van der Waals surface area contributed by atoms with Crippen molar-refractivity contribution in [3.8, 4) is 11.5 Å². The molecule has 0 heterocycles. The smallest absolute Gasteiger partial charge is 0.341 e. The van der Waals surface area contributed by atoms with Gasteiger partial charge in [-0.05, 0) is 22.9 Å². The molecule has 0 aliphatic heterocycles. The lowest BCUT2D eigenvalue weighted by molar-refractivity contribution is 0.0588.